The first-order valence-electron chi connectivity index (χ1n) is 8.16. The van der Waals surface area contributed by atoms with E-state index >= 15 is 0 Å². The maximum absolute atomic E-state index is 12.3. The van der Waals surface area contributed by atoms with Crippen LogP contribution in [0.5, 0.6) is 0 Å². The molecule has 1 aromatic heterocycles. The number of hydrogen-bond acceptors (Lipinski definition) is 3. The number of Topliss-reactive ketones (excluding diaryl/α,β-unsaturated/α-hetero) is 1. The highest BCUT2D eigenvalue weighted by molar-refractivity contribution is 5.96. The van der Waals surface area contributed by atoms with Gasteiger partial charge in [0.05, 0.1) is 12.1 Å². The van der Waals surface area contributed by atoms with Gasteiger partial charge in [0.2, 0.25) is 5.78 Å². The van der Waals surface area contributed by atoms with Gasteiger partial charge in [0, 0.05) is 12.1 Å². The van der Waals surface area contributed by atoms with Crippen molar-refractivity contribution in [3.05, 3.63) is 95.8 Å². The molecule has 3 rings (SSSR count). The van der Waals surface area contributed by atoms with Gasteiger partial charge < -0.3 is 9.72 Å². The quantitative estimate of drug-likeness (QED) is 0.526. The molecule has 4 heteroatoms. The fourth-order valence-electron chi connectivity index (χ4n) is 2.75. The van der Waals surface area contributed by atoms with E-state index in [1.54, 1.807) is 18.3 Å². The van der Waals surface area contributed by atoms with Gasteiger partial charge in [-0.25, -0.2) is 0 Å². The van der Waals surface area contributed by atoms with Crippen LogP contribution in [0.4, 0.5) is 0 Å². The van der Waals surface area contributed by atoms with Gasteiger partial charge in [-0.3, -0.25) is 9.59 Å². The number of aromatic amines is 1. The van der Waals surface area contributed by atoms with Gasteiger partial charge in [-0.05, 0) is 23.3 Å². The van der Waals surface area contributed by atoms with E-state index in [4.69, 9.17) is 4.74 Å². The second-order valence-corrected chi connectivity index (χ2v) is 5.75. The number of nitrogens with one attached hydrogen (secondary N) is 1. The highest BCUT2D eigenvalue weighted by Gasteiger charge is 2.20. The average molecular weight is 333 g/mol. The molecule has 0 amide bonds. The fourth-order valence-corrected chi connectivity index (χ4v) is 2.75. The Morgan fingerprint density at radius 1 is 0.840 bits per heavy atom. The van der Waals surface area contributed by atoms with Gasteiger partial charge in [0.15, 0.2) is 6.61 Å². The zero-order valence-corrected chi connectivity index (χ0v) is 13.7. The molecular formula is C21H19NO3. The smallest absolute Gasteiger partial charge is 0.307 e. The highest BCUT2D eigenvalue weighted by atomic mass is 16.5. The van der Waals surface area contributed by atoms with Gasteiger partial charge in [-0.1, -0.05) is 60.7 Å². The molecule has 0 spiro atoms. The fraction of sp³-hybridized carbons (Fsp3) is 0.143. The van der Waals surface area contributed by atoms with Crippen molar-refractivity contribution >= 4 is 11.8 Å². The largest absolute Gasteiger partial charge is 0.457 e. The molecule has 1 N–H and O–H groups in total. The van der Waals surface area contributed by atoms with E-state index < -0.39 is 5.97 Å². The lowest BCUT2D eigenvalue weighted by molar-refractivity contribution is -0.142. The van der Waals surface area contributed by atoms with Crippen LogP contribution < -0.4 is 0 Å². The molecule has 2 aromatic carbocycles. The summed E-state index contributed by atoms with van der Waals surface area (Å²) in [5.41, 5.74) is 2.53. The summed E-state index contributed by atoms with van der Waals surface area (Å²) < 4.78 is 5.19. The van der Waals surface area contributed by atoms with Crippen LogP contribution >= 0.6 is 0 Å². The molecule has 0 atom stereocenters. The average Bonchev–Trinajstić information content (AvgIpc) is 3.20. The molecule has 0 radical (unpaired) electrons. The Labute approximate surface area is 146 Å². The van der Waals surface area contributed by atoms with Gasteiger partial charge >= 0.3 is 5.97 Å². The van der Waals surface area contributed by atoms with Crippen LogP contribution in [0.2, 0.25) is 0 Å². The molecule has 0 bridgehead atoms. The van der Waals surface area contributed by atoms with E-state index in [0.29, 0.717) is 5.69 Å². The topological polar surface area (TPSA) is 59.2 Å². The van der Waals surface area contributed by atoms with Gasteiger partial charge in [-0.2, -0.15) is 0 Å². The number of hydrogen-bond donors (Lipinski definition) is 1. The molecule has 0 aliphatic heterocycles. The van der Waals surface area contributed by atoms with Crippen LogP contribution in [0.3, 0.4) is 0 Å². The van der Waals surface area contributed by atoms with Crippen LogP contribution in [0, 0.1) is 0 Å². The molecule has 0 unspecified atom stereocenters. The second-order valence-electron chi connectivity index (χ2n) is 5.75. The molecule has 4 nitrogen and oxygen atoms in total. The third-order valence-electron chi connectivity index (χ3n) is 4.04. The summed E-state index contributed by atoms with van der Waals surface area (Å²) in [6, 6.07) is 23.1. The number of rotatable bonds is 7. The number of aromatic nitrogens is 1. The number of carbonyl (C=O) groups excluding carboxylic acids is 2. The summed E-state index contributed by atoms with van der Waals surface area (Å²) in [7, 11) is 0. The Bertz CT molecular complexity index is 771. The van der Waals surface area contributed by atoms with Crippen molar-refractivity contribution in [3.8, 4) is 0 Å². The van der Waals surface area contributed by atoms with Crippen molar-refractivity contribution in [1.82, 2.24) is 4.98 Å². The number of H-pyrrole nitrogens is 1. The lowest BCUT2D eigenvalue weighted by atomic mass is 9.89. The summed E-state index contributed by atoms with van der Waals surface area (Å²) >= 11 is 0. The van der Waals surface area contributed by atoms with Gasteiger partial charge in [-0.15, -0.1) is 0 Å². The molecule has 0 saturated heterocycles. The maximum Gasteiger partial charge on any atom is 0.307 e. The molecule has 25 heavy (non-hydrogen) atoms. The second kappa shape index (κ2) is 8.11. The molecule has 0 aliphatic rings. The lowest BCUT2D eigenvalue weighted by Gasteiger charge is -2.17. The van der Waals surface area contributed by atoms with E-state index in [1.165, 1.54) is 0 Å². The van der Waals surface area contributed by atoms with E-state index in [2.05, 4.69) is 4.98 Å². The summed E-state index contributed by atoms with van der Waals surface area (Å²) in [4.78, 5) is 27.0. The number of ketones is 1. The predicted molar refractivity (Wildman–Crippen MR) is 95.4 cm³/mol. The van der Waals surface area contributed by atoms with Crippen molar-refractivity contribution in [1.29, 1.82) is 0 Å². The normalized spacial score (nSPS) is 10.6. The van der Waals surface area contributed by atoms with Crippen molar-refractivity contribution < 1.29 is 14.3 Å². The minimum absolute atomic E-state index is 0.101. The van der Waals surface area contributed by atoms with Crippen LogP contribution in [-0.4, -0.2) is 23.3 Å². The van der Waals surface area contributed by atoms with Gasteiger partial charge in [0.1, 0.15) is 0 Å². The predicted octanol–water partition coefficient (Wildman–Crippen LogP) is 3.96. The summed E-state index contributed by atoms with van der Waals surface area (Å²) in [5, 5.41) is 0. The molecule has 126 valence electrons. The SMILES string of the molecule is O=C(CC(c1ccccc1)c1ccccc1)OCC(=O)c1ccc[nH]1. The Kier molecular flexibility index (Phi) is 5.42. The Morgan fingerprint density at radius 3 is 1.96 bits per heavy atom. The molecule has 1 heterocycles. The molecule has 0 aliphatic carbocycles. The van der Waals surface area contributed by atoms with Crippen molar-refractivity contribution in [2.75, 3.05) is 6.61 Å². The van der Waals surface area contributed by atoms with Crippen LogP contribution in [-0.2, 0) is 9.53 Å². The van der Waals surface area contributed by atoms with Gasteiger partial charge in [0.25, 0.3) is 0 Å². The maximum atomic E-state index is 12.3. The molecular weight excluding hydrogens is 314 g/mol. The first-order chi connectivity index (χ1) is 12.2. The van der Waals surface area contributed by atoms with Crippen molar-refractivity contribution in [3.63, 3.8) is 0 Å². The number of ether oxygens (including phenoxy) is 1. The zero-order valence-electron chi connectivity index (χ0n) is 13.7. The molecule has 3 aromatic rings. The zero-order chi connectivity index (χ0) is 17.5. The first kappa shape index (κ1) is 16.7. The van der Waals surface area contributed by atoms with Crippen LogP contribution in [0.1, 0.15) is 34.0 Å². The third-order valence-corrected chi connectivity index (χ3v) is 4.04. The van der Waals surface area contributed by atoms with Crippen LogP contribution in [0.25, 0.3) is 0 Å². The van der Waals surface area contributed by atoms with Crippen molar-refractivity contribution in [2.24, 2.45) is 0 Å². The number of benzene rings is 2. The molecule has 0 fully saturated rings. The number of carbonyl (C=O) groups is 2. The Morgan fingerprint density at radius 2 is 1.44 bits per heavy atom. The lowest BCUT2D eigenvalue weighted by Crippen LogP contribution is -2.17. The third kappa shape index (κ3) is 4.44. The summed E-state index contributed by atoms with van der Waals surface area (Å²) in [6.07, 6.45) is 1.85. The monoisotopic (exact) mass is 333 g/mol. The Balaban J connectivity index is 1.68. The van der Waals surface area contributed by atoms with E-state index in [9.17, 15) is 9.59 Å². The summed E-state index contributed by atoms with van der Waals surface area (Å²) in [5.74, 6) is -0.734. The van der Waals surface area contributed by atoms with Crippen LogP contribution in [0.15, 0.2) is 79.0 Å². The standard InChI is InChI=1S/C21H19NO3/c23-20(19-12-7-13-22-19)15-25-21(24)14-18(16-8-3-1-4-9-16)17-10-5-2-6-11-17/h1-13,18,22H,14-15H2. The van der Waals surface area contributed by atoms with E-state index in [1.807, 2.05) is 60.7 Å². The highest BCUT2D eigenvalue weighted by Crippen LogP contribution is 2.28. The van der Waals surface area contributed by atoms with E-state index in [0.717, 1.165) is 11.1 Å². The molecule has 0 saturated carbocycles. The minimum Gasteiger partial charge on any atom is -0.457 e. The number of esters is 1. The minimum atomic E-state index is -0.391. The summed E-state index contributed by atoms with van der Waals surface area (Å²) in [6.45, 7) is -0.254. The first-order valence-corrected chi connectivity index (χ1v) is 8.16. The van der Waals surface area contributed by atoms with E-state index in [-0.39, 0.29) is 24.7 Å². The van der Waals surface area contributed by atoms with Crippen molar-refractivity contribution in [2.45, 2.75) is 12.3 Å². The Hall–Kier alpha value is -3.14.